The fourth-order valence-electron chi connectivity index (χ4n) is 8.85. The maximum atomic E-state index is 13.4. The average Bonchev–Trinajstić information content (AvgIpc) is 3.26. The Balaban J connectivity index is 1.45. The van der Waals surface area contributed by atoms with Crippen LogP contribution in [0.25, 0.3) is 0 Å². The smallest absolute Gasteiger partial charge is 0.186 e. The van der Waals surface area contributed by atoms with Crippen LogP contribution in [0.4, 0.5) is 0 Å². The number of carbonyl (C=O) groups excluding carboxylic acids is 1. The van der Waals surface area contributed by atoms with E-state index in [2.05, 4.69) is 25.9 Å². The van der Waals surface area contributed by atoms with Crippen LogP contribution in [-0.2, 0) is 7.05 Å². The van der Waals surface area contributed by atoms with Gasteiger partial charge in [-0.1, -0.05) is 27.2 Å². The largest absolute Gasteiger partial charge is 0.325 e. The van der Waals surface area contributed by atoms with E-state index in [0.29, 0.717) is 22.9 Å². The van der Waals surface area contributed by atoms with E-state index < -0.39 is 0 Å². The van der Waals surface area contributed by atoms with Gasteiger partial charge < -0.3 is 5.73 Å². The van der Waals surface area contributed by atoms with Gasteiger partial charge in [-0.05, 0) is 91.9 Å². The minimum Gasteiger partial charge on any atom is -0.325 e. The summed E-state index contributed by atoms with van der Waals surface area (Å²) in [5.74, 6) is 3.17. The summed E-state index contributed by atoms with van der Waals surface area (Å²) < 4.78 is 1.75. The first-order valence-corrected chi connectivity index (χ1v) is 12.0. The third kappa shape index (κ3) is 2.66. The number of fused-ring (bicyclic) bond motifs is 5. The number of hydrogen-bond acceptors (Lipinski definition) is 3. The predicted molar refractivity (Wildman–Crippen MR) is 115 cm³/mol. The Kier molecular flexibility index (Phi) is 4.38. The molecule has 0 spiro atoms. The molecule has 0 radical (unpaired) electrons. The van der Waals surface area contributed by atoms with E-state index in [4.69, 9.17) is 5.73 Å². The summed E-state index contributed by atoms with van der Waals surface area (Å²) in [6.07, 6.45) is 12.9. The Labute approximate surface area is 176 Å². The summed E-state index contributed by atoms with van der Waals surface area (Å²) in [4.78, 5) is 13.4. The molecule has 5 rings (SSSR count). The van der Waals surface area contributed by atoms with E-state index in [0.717, 1.165) is 37.5 Å². The van der Waals surface area contributed by atoms with Crippen LogP contribution in [0, 0.1) is 40.4 Å². The molecule has 29 heavy (non-hydrogen) atoms. The molecular weight excluding hydrogens is 358 g/mol. The first kappa shape index (κ1) is 19.8. The normalized spacial score (nSPS) is 49.2. The molecule has 4 aliphatic carbocycles. The highest BCUT2D eigenvalue weighted by Crippen LogP contribution is 2.68. The molecule has 4 aliphatic rings. The molecule has 0 amide bonds. The van der Waals surface area contributed by atoms with E-state index in [1.165, 1.54) is 32.1 Å². The fourth-order valence-corrected chi connectivity index (χ4v) is 8.85. The van der Waals surface area contributed by atoms with E-state index in [1.54, 1.807) is 4.68 Å². The van der Waals surface area contributed by atoms with Crippen molar-refractivity contribution in [2.45, 2.75) is 84.1 Å². The zero-order valence-corrected chi connectivity index (χ0v) is 18.8. The van der Waals surface area contributed by atoms with Crippen molar-refractivity contribution in [3.05, 3.63) is 18.0 Å². The van der Waals surface area contributed by atoms with Crippen molar-refractivity contribution in [2.24, 2.45) is 53.2 Å². The molecule has 1 aromatic rings. The number of hydrogen-bond donors (Lipinski definition) is 1. The standard InChI is InChI=1S/C25H39N3O/c1-16-7-11-23(2)17(15-16)8-13-25(26)20-6-5-18(24(20,3)12-9-21(23)25)22(29)19-10-14-28(4)27-19/h10,14,16-18,20-21H,5-9,11-13,15,26H2,1-4H3/t16-,17?,18+,20?,21?,23-,24+,25+/m0/s1. The second-order valence-electron chi connectivity index (χ2n) is 11.8. The van der Waals surface area contributed by atoms with Crippen LogP contribution in [-0.4, -0.2) is 21.1 Å². The predicted octanol–water partition coefficient (Wildman–Crippen LogP) is 4.98. The monoisotopic (exact) mass is 397 g/mol. The number of carbonyl (C=O) groups is 1. The van der Waals surface area contributed by atoms with Gasteiger partial charge in [-0.2, -0.15) is 5.10 Å². The highest BCUT2D eigenvalue weighted by Gasteiger charge is 2.66. The lowest BCUT2D eigenvalue weighted by molar-refractivity contribution is -0.128. The van der Waals surface area contributed by atoms with Crippen molar-refractivity contribution in [2.75, 3.05) is 0 Å². The van der Waals surface area contributed by atoms with Gasteiger partial charge in [0.1, 0.15) is 5.69 Å². The van der Waals surface area contributed by atoms with E-state index in [9.17, 15) is 4.79 Å². The van der Waals surface area contributed by atoms with Crippen LogP contribution in [0.1, 0.15) is 89.0 Å². The molecule has 0 aromatic carbocycles. The summed E-state index contributed by atoms with van der Waals surface area (Å²) in [6.45, 7) is 7.40. The van der Waals surface area contributed by atoms with Crippen LogP contribution in [0.3, 0.4) is 0 Å². The molecule has 0 saturated heterocycles. The minimum absolute atomic E-state index is 0.0327. The lowest BCUT2D eigenvalue weighted by Crippen LogP contribution is -2.68. The van der Waals surface area contributed by atoms with Gasteiger partial charge in [0.05, 0.1) is 0 Å². The van der Waals surface area contributed by atoms with Crippen LogP contribution in [0.2, 0.25) is 0 Å². The Bertz CT molecular complexity index is 817. The SMILES string of the molecule is C[C@H]1CC[C@@]2(C)C(CC[C@]3(N)C2CC[C@@]2(C)C3CC[C@@H]2C(=O)c2ccn(C)n2)C1. The molecule has 4 heteroatoms. The van der Waals surface area contributed by atoms with Crippen molar-refractivity contribution in [3.63, 3.8) is 0 Å². The van der Waals surface area contributed by atoms with E-state index in [1.807, 2.05) is 19.3 Å². The minimum atomic E-state index is -0.0853. The lowest BCUT2D eigenvalue weighted by atomic mass is 9.41. The number of rotatable bonds is 2. The molecule has 0 bridgehead atoms. The summed E-state index contributed by atoms with van der Waals surface area (Å²) >= 11 is 0. The molecule has 4 nitrogen and oxygen atoms in total. The van der Waals surface area contributed by atoms with Gasteiger partial charge >= 0.3 is 0 Å². The molecule has 160 valence electrons. The third-order valence-electron chi connectivity index (χ3n) is 10.4. The number of aryl methyl sites for hydroxylation is 1. The molecule has 1 aromatic heterocycles. The van der Waals surface area contributed by atoms with E-state index >= 15 is 0 Å². The van der Waals surface area contributed by atoms with Gasteiger partial charge in [-0.15, -0.1) is 0 Å². The fraction of sp³-hybridized carbons (Fsp3) is 0.840. The van der Waals surface area contributed by atoms with Crippen molar-refractivity contribution in [1.82, 2.24) is 9.78 Å². The third-order valence-corrected chi connectivity index (χ3v) is 10.4. The van der Waals surface area contributed by atoms with Crippen molar-refractivity contribution < 1.29 is 4.79 Å². The first-order chi connectivity index (χ1) is 13.7. The number of aromatic nitrogens is 2. The lowest BCUT2D eigenvalue weighted by Gasteiger charge is -2.65. The zero-order chi connectivity index (χ0) is 20.6. The highest BCUT2D eigenvalue weighted by atomic mass is 16.1. The number of Topliss-reactive ketones (excluding diaryl/α,β-unsaturated/α-hetero) is 1. The second-order valence-corrected chi connectivity index (χ2v) is 11.8. The molecule has 4 fully saturated rings. The Morgan fingerprint density at radius 1 is 1.07 bits per heavy atom. The number of ketones is 1. The first-order valence-electron chi connectivity index (χ1n) is 12.0. The summed E-state index contributed by atoms with van der Waals surface area (Å²) in [6, 6.07) is 1.89. The summed E-state index contributed by atoms with van der Waals surface area (Å²) in [7, 11) is 1.89. The van der Waals surface area contributed by atoms with Crippen molar-refractivity contribution in [1.29, 1.82) is 0 Å². The molecular formula is C25H39N3O. The molecule has 1 heterocycles. The van der Waals surface area contributed by atoms with Gasteiger partial charge in [0, 0.05) is 24.7 Å². The zero-order valence-electron chi connectivity index (χ0n) is 18.8. The van der Waals surface area contributed by atoms with Crippen LogP contribution in [0.5, 0.6) is 0 Å². The molecule has 4 saturated carbocycles. The van der Waals surface area contributed by atoms with Gasteiger partial charge in [0.15, 0.2) is 5.78 Å². The summed E-state index contributed by atoms with van der Waals surface area (Å²) in [5, 5.41) is 4.43. The van der Waals surface area contributed by atoms with Gasteiger partial charge in [-0.25, -0.2) is 0 Å². The Hall–Kier alpha value is -1.16. The topological polar surface area (TPSA) is 60.9 Å². The molecule has 0 aliphatic heterocycles. The van der Waals surface area contributed by atoms with Gasteiger partial charge in [0.25, 0.3) is 0 Å². The Morgan fingerprint density at radius 3 is 2.52 bits per heavy atom. The van der Waals surface area contributed by atoms with Crippen molar-refractivity contribution >= 4 is 5.78 Å². The Morgan fingerprint density at radius 2 is 1.79 bits per heavy atom. The van der Waals surface area contributed by atoms with Crippen LogP contribution >= 0.6 is 0 Å². The molecule has 2 N–H and O–H groups in total. The summed E-state index contributed by atoms with van der Waals surface area (Å²) in [5.41, 5.74) is 8.43. The van der Waals surface area contributed by atoms with Gasteiger partial charge in [-0.3, -0.25) is 9.48 Å². The average molecular weight is 398 g/mol. The maximum absolute atomic E-state index is 13.4. The number of nitrogens with zero attached hydrogens (tertiary/aromatic N) is 2. The van der Waals surface area contributed by atoms with E-state index in [-0.39, 0.29) is 22.7 Å². The maximum Gasteiger partial charge on any atom is 0.186 e. The van der Waals surface area contributed by atoms with Crippen molar-refractivity contribution in [3.8, 4) is 0 Å². The quantitative estimate of drug-likeness (QED) is 0.716. The van der Waals surface area contributed by atoms with Gasteiger partial charge in [0.2, 0.25) is 0 Å². The van der Waals surface area contributed by atoms with Crippen LogP contribution < -0.4 is 5.73 Å². The molecule has 8 atom stereocenters. The molecule has 3 unspecified atom stereocenters. The number of nitrogens with two attached hydrogens (primary N) is 1. The second kappa shape index (κ2) is 6.42. The van der Waals surface area contributed by atoms with Crippen LogP contribution in [0.15, 0.2) is 12.3 Å². The highest BCUT2D eigenvalue weighted by molar-refractivity contribution is 5.96.